The predicted molar refractivity (Wildman–Crippen MR) is 63.7 cm³/mol. The molecule has 1 N–H and O–H groups in total. The first-order valence-electron chi connectivity index (χ1n) is 5.93. The molecule has 0 aromatic carbocycles. The summed E-state index contributed by atoms with van der Waals surface area (Å²) in [5, 5.41) is 13.3. The molecule has 1 aliphatic heterocycles. The molecule has 94 valence electrons. The molecule has 17 heavy (non-hydrogen) atoms. The molecule has 0 saturated carbocycles. The molecule has 0 radical (unpaired) electrons. The van der Waals surface area contributed by atoms with E-state index in [1.54, 1.807) is 0 Å². The molecular formula is C12H19N3O2. The maximum absolute atomic E-state index is 10.9. The number of aliphatic carboxylic acids is 1. The van der Waals surface area contributed by atoms with Crippen molar-refractivity contribution < 1.29 is 9.90 Å². The highest BCUT2D eigenvalue weighted by molar-refractivity contribution is 5.70. The van der Waals surface area contributed by atoms with Crippen LogP contribution in [0.1, 0.15) is 23.4 Å². The van der Waals surface area contributed by atoms with Crippen LogP contribution in [0.15, 0.2) is 0 Å². The third kappa shape index (κ3) is 2.34. The molecule has 1 fully saturated rings. The van der Waals surface area contributed by atoms with E-state index in [2.05, 4.69) is 16.9 Å². The minimum Gasteiger partial charge on any atom is -0.481 e. The molecule has 0 amide bonds. The zero-order chi connectivity index (χ0) is 12.6. The maximum atomic E-state index is 10.9. The highest BCUT2D eigenvalue weighted by atomic mass is 16.4. The fourth-order valence-electron chi connectivity index (χ4n) is 2.45. The molecule has 2 rings (SSSR count). The molecule has 1 aromatic rings. The molecule has 1 unspecified atom stereocenters. The summed E-state index contributed by atoms with van der Waals surface area (Å²) in [4.78, 5) is 13.1. The van der Waals surface area contributed by atoms with Gasteiger partial charge in [-0.1, -0.05) is 0 Å². The molecule has 1 atom stereocenters. The Morgan fingerprint density at radius 1 is 1.53 bits per heavy atom. The van der Waals surface area contributed by atoms with Crippen molar-refractivity contribution in [3.8, 4) is 0 Å². The molecule has 1 aliphatic rings. The summed E-state index contributed by atoms with van der Waals surface area (Å²) in [6, 6.07) is 0. The van der Waals surface area contributed by atoms with Crippen LogP contribution in [0.2, 0.25) is 0 Å². The summed E-state index contributed by atoms with van der Waals surface area (Å²) in [6.45, 7) is 6.40. The molecule has 1 saturated heterocycles. The van der Waals surface area contributed by atoms with E-state index < -0.39 is 5.97 Å². The molecular weight excluding hydrogens is 218 g/mol. The van der Waals surface area contributed by atoms with Gasteiger partial charge in [-0.2, -0.15) is 5.10 Å². The highest BCUT2D eigenvalue weighted by Gasteiger charge is 2.28. The van der Waals surface area contributed by atoms with E-state index in [1.165, 1.54) is 11.3 Å². The van der Waals surface area contributed by atoms with Crippen molar-refractivity contribution in [2.45, 2.75) is 26.8 Å². The molecule has 5 heteroatoms. The van der Waals surface area contributed by atoms with Crippen LogP contribution in [-0.2, 0) is 18.4 Å². The molecule has 0 bridgehead atoms. The number of hydrogen-bond donors (Lipinski definition) is 1. The summed E-state index contributed by atoms with van der Waals surface area (Å²) in [7, 11) is 1.94. The standard InChI is InChI=1S/C12H19N3O2/c1-8-11(9(2)14(3)13-8)7-15-5-4-10(6-15)12(16)17/h10H,4-7H2,1-3H3,(H,16,17). The van der Waals surface area contributed by atoms with Crippen LogP contribution in [0.3, 0.4) is 0 Å². The van der Waals surface area contributed by atoms with Crippen molar-refractivity contribution in [3.05, 3.63) is 17.0 Å². The smallest absolute Gasteiger partial charge is 0.307 e. The van der Waals surface area contributed by atoms with Crippen LogP contribution >= 0.6 is 0 Å². The number of rotatable bonds is 3. The van der Waals surface area contributed by atoms with Gasteiger partial charge in [0.2, 0.25) is 0 Å². The Bertz CT molecular complexity index is 439. The Morgan fingerprint density at radius 3 is 2.71 bits per heavy atom. The van der Waals surface area contributed by atoms with Crippen molar-refractivity contribution >= 4 is 5.97 Å². The molecule has 2 heterocycles. The normalized spacial score (nSPS) is 21.0. The van der Waals surface area contributed by atoms with Gasteiger partial charge in [-0.05, 0) is 26.8 Å². The third-order valence-corrected chi connectivity index (χ3v) is 3.66. The number of aryl methyl sites for hydroxylation is 2. The summed E-state index contributed by atoms with van der Waals surface area (Å²) in [5.74, 6) is -0.876. The van der Waals surface area contributed by atoms with Gasteiger partial charge in [-0.25, -0.2) is 0 Å². The fourth-order valence-corrected chi connectivity index (χ4v) is 2.45. The number of aromatic nitrogens is 2. The zero-order valence-corrected chi connectivity index (χ0v) is 10.6. The zero-order valence-electron chi connectivity index (χ0n) is 10.6. The van der Waals surface area contributed by atoms with Crippen LogP contribution < -0.4 is 0 Å². The number of hydrogen-bond acceptors (Lipinski definition) is 3. The lowest BCUT2D eigenvalue weighted by Crippen LogP contribution is -2.23. The van der Waals surface area contributed by atoms with Crippen LogP contribution in [0.5, 0.6) is 0 Å². The SMILES string of the molecule is Cc1nn(C)c(C)c1CN1CCC(C(=O)O)C1. The minimum atomic E-state index is -0.674. The lowest BCUT2D eigenvalue weighted by atomic mass is 10.1. The Kier molecular flexibility index (Phi) is 3.19. The van der Waals surface area contributed by atoms with Gasteiger partial charge in [-0.15, -0.1) is 0 Å². The van der Waals surface area contributed by atoms with Crippen molar-refractivity contribution in [2.24, 2.45) is 13.0 Å². The largest absolute Gasteiger partial charge is 0.481 e. The van der Waals surface area contributed by atoms with Crippen LogP contribution in [0.4, 0.5) is 0 Å². The van der Waals surface area contributed by atoms with Gasteiger partial charge in [0.25, 0.3) is 0 Å². The van der Waals surface area contributed by atoms with E-state index in [4.69, 9.17) is 5.11 Å². The number of nitrogens with zero attached hydrogens (tertiary/aromatic N) is 3. The summed E-state index contributed by atoms with van der Waals surface area (Å²) in [5.41, 5.74) is 3.45. The summed E-state index contributed by atoms with van der Waals surface area (Å²) in [6.07, 6.45) is 0.758. The first kappa shape index (κ1) is 12.1. The van der Waals surface area contributed by atoms with Gasteiger partial charge in [0, 0.05) is 31.4 Å². The number of likely N-dealkylation sites (tertiary alicyclic amines) is 1. The first-order valence-corrected chi connectivity index (χ1v) is 5.93. The average molecular weight is 237 g/mol. The number of carbonyl (C=O) groups is 1. The molecule has 0 spiro atoms. The minimum absolute atomic E-state index is 0.202. The molecule has 1 aromatic heterocycles. The van der Waals surface area contributed by atoms with Crippen molar-refractivity contribution in [1.29, 1.82) is 0 Å². The van der Waals surface area contributed by atoms with Crippen molar-refractivity contribution in [2.75, 3.05) is 13.1 Å². The van der Waals surface area contributed by atoms with E-state index in [-0.39, 0.29) is 5.92 Å². The van der Waals surface area contributed by atoms with Gasteiger partial charge in [0.1, 0.15) is 0 Å². The van der Waals surface area contributed by atoms with E-state index in [0.717, 1.165) is 25.2 Å². The second-order valence-corrected chi connectivity index (χ2v) is 4.83. The Hall–Kier alpha value is -1.36. The lowest BCUT2D eigenvalue weighted by molar-refractivity contribution is -0.141. The Balaban J connectivity index is 2.05. The van der Waals surface area contributed by atoms with Crippen LogP contribution in [0.25, 0.3) is 0 Å². The van der Waals surface area contributed by atoms with Gasteiger partial charge >= 0.3 is 5.97 Å². The molecule has 5 nitrogen and oxygen atoms in total. The van der Waals surface area contributed by atoms with Gasteiger partial charge < -0.3 is 5.11 Å². The van der Waals surface area contributed by atoms with Crippen molar-refractivity contribution in [1.82, 2.24) is 14.7 Å². The third-order valence-electron chi connectivity index (χ3n) is 3.66. The second kappa shape index (κ2) is 4.49. The van der Waals surface area contributed by atoms with Gasteiger partial charge in [0.05, 0.1) is 11.6 Å². The van der Waals surface area contributed by atoms with E-state index in [9.17, 15) is 4.79 Å². The lowest BCUT2D eigenvalue weighted by Gasteiger charge is -2.15. The average Bonchev–Trinajstić information content (AvgIpc) is 2.80. The monoisotopic (exact) mass is 237 g/mol. The topological polar surface area (TPSA) is 58.4 Å². The quantitative estimate of drug-likeness (QED) is 0.850. The summed E-state index contributed by atoms with van der Waals surface area (Å²) >= 11 is 0. The second-order valence-electron chi connectivity index (χ2n) is 4.83. The maximum Gasteiger partial charge on any atom is 0.307 e. The fraction of sp³-hybridized carbons (Fsp3) is 0.667. The van der Waals surface area contributed by atoms with E-state index >= 15 is 0 Å². The van der Waals surface area contributed by atoms with E-state index in [1.807, 2.05) is 18.7 Å². The van der Waals surface area contributed by atoms with Crippen molar-refractivity contribution in [3.63, 3.8) is 0 Å². The van der Waals surface area contributed by atoms with Gasteiger partial charge in [0.15, 0.2) is 0 Å². The first-order chi connectivity index (χ1) is 7.99. The van der Waals surface area contributed by atoms with Crippen LogP contribution in [0, 0.1) is 19.8 Å². The molecule has 0 aliphatic carbocycles. The van der Waals surface area contributed by atoms with Crippen LogP contribution in [-0.4, -0.2) is 38.8 Å². The van der Waals surface area contributed by atoms with E-state index in [0.29, 0.717) is 6.54 Å². The Morgan fingerprint density at radius 2 is 2.24 bits per heavy atom. The number of carboxylic acid groups (broad SMARTS) is 1. The summed E-state index contributed by atoms with van der Waals surface area (Å²) < 4.78 is 1.88. The predicted octanol–water partition coefficient (Wildman–Crippen LogP) is 0.943. The van der Waals surface area contributed by atoms with Gasteiger partial charge in [-0.3, -0.25) is 14.4 Å². The Labute approximate surface area is 101 Å². The highest BCUT2D eigenvalue weighted by Crippen LogP contribution is 2.21. The number of carboxylic acids is 1.